The summed E-state index contributed by atoms with van der Waals surface area (Å²) in [6.45, 7) is 3.11. The van der Waals surface area contributed by atoms with E-state index in [4.69, 9.17) is 9.47 Å². The van der Waals surface area contributed by atoms with E-state index in [0.29, 0.717) is 19.6 Å². The lowest BCUT2D eigenvalue weighted by atomic mass is 9.95. The molecule has 1 unspecified atom stereocenters. The Morgan fingerprint density at radius 2 is 2.12 bits per heavy atom. The Bertz CT molecular complexity index is 727. The first-order valence-electron chi connectivity index (χ1n) is 8.29. The Morgan fingerprint density at radius 3 is 2.92 bits per heavy atom. The average molecular weight is 325 g/mol. The highest BCUT2D eigenvalue weighted by Crippen LogP contribution is 2.35. The van der Waals surface area contributed by atoms with Gasteiger partial charge in [0, 0.05) is 6.54 Å². The van der Waals surface area contributed by atoms with Gasteiger partial charge in [0.1, 0.15) is 6.61 Å². The standard InChI is InChI=1S/C20H23NO3/c1-14-5-3-6-15(11-14)9-10-21-20(22)17-12-16-7-4-8-18(23-2)19(16)24-13-17/h3-8,11,17H,9-10,12-13H2,1-2H3,(H,21,22). The molecule has 0 aromatic heterocycles. The van der Waals surface area contributed by atoms with Gasteiger partial charge in [0.15, 0.2) is 11.5 Å². The maximum atomic E-state index is 12.4. The molecule has 4 nitrogen and oxygen atoms in total. The van der Waals surface area contributed by atoms with E-state index < -0.39 is 0 Å². The van der Waals surface area contributed by atoms with Crippen LogP contribution in [0.5, 0.6) is 11.5 Å². The highest BCUT2D eigenvalue weighted by molar-refractivity contribution is 5.79. The summed E-state index contributed by atoms with van der Waals surface area (Å²) in [4.78, 5) is 12.4. The van der Waals surface area contributed by atoms with Gasteiger partial charge < -0.3 is 14.8 Å². The van der Waals surface area contributed by atoms with Crippen LogP contribution in [-0.4, -0.2) is 26.2 Å². The Morgan fingerprint density at radius 1 is 1.29 bits per heavy atom. The fourth-order valence-electron chi connectivity index (χ4n) is 3.07. The van der Waals surface area contributed by atoms with Crippen LogP contribution in [0, 0.1) is 12.8 Å². The summed E-state index contributed by atoms with van der Waals surface area (Å²) in [6.07, 6.45) is 1.52. The number of ether oxygens (including phenoxy) is 2. The molecule has 0 saturated carbocycles. The fraction of sp³-hybridized carbons (Fsp3) is 0.350. The largest absolute Gasteiger partial charge is 0.493 e. The summed E-state index contributed by atoms with van der Waals surface area (Å²) in [5.41, 5.74) is 3.51. The molecular formula is C20H23NO3. The number of aryl methyl sites for hydroxylation is 1. The zero-order chi connectivity index (χ0) is 16.9. The second-order valence-electron chi connectivity index (χ2n) is 6.19. The minimum absolute atomic E-state index is 0.0520. The summed E-state index contributed by atoms with van der Waals surface area (Å²) >= 11 is 0. The first-order chi connectivity index (χ1) is 11.7. The highest BCUT2D eigenvalue weighted by atomic mass is 16.5. The predicted octanol–water partition coefficient (Wildman–Crippen LogP) is 2.91. The van der Waals surface area contributed by atoms with Crippen LogP contribution < -0.4 is 14.8 Å². The molecule has 1 amide bonds. The minimum atomic E-state index is -0.151. The Balaban J connectivity index is 1.54. The number of nitrogens with one attached hydrogen (secondary N) is 1. The molecule has 1 aliphatic rings. The third-order valence-electron chi connectivity index (χ3n) is 4.34. The van der Waals surface area contributed by atoms with Crippen molar-refractivity contribution in [3.63, 3.8) is 0 Å². The summed E-state index contributed by atoms with van der Waals surface area (Å²) in [5, 5.41) is 3.03. The molecule has 24 heavy (non-hydrogen) atoms. The molecule has 4 heteroatoms. The van der Waals surface area contributed by atoms with Gasteiger partial charge in [-0.25, -0.2) is 0 Å². The van der Waals surface area contributed by atoms with E-state index >= 15 is 0 Å². The van der Waals surface area contributed by atoms with Gasteiger partial charge in [-0.3, -0.25) is 4.79 Å². The third-order valence-corrected chi connectivity index (χ3v) is 4.34. The van der Waals surface area contributed by atoms with Crippen molar-refractivity contribution in [2.45, 2.75) is 19.8 Å². The lowest BCUT2D eigenvalue weighted by Crippen LogP contribution is -2.38. The van der Waals surface area contributed by atoms with Gasteiger partial charge >= 0.3 is 0 Å². The van der Waals surface area contributed by atoms with E-state index in [1.54, 1.807) is 7.11 Å². The molecule has 126 valence electrons. The molecule has 2 aromatic rings. The number of carbonyl (C=O) groups excluding carboxylic acids is 1. The normalized spacial score (nSPS) is 16.0. The molecule has 0 radical (unpaired) electrons. The molecule has 1 N–H and O–H groups in total. The number of carbonyl (C=O) groups is 1. The van der Waals surface area contributed by atoms with Crippen molar-refractivity contribution in [3.8, 4) is 11.5 Å². The SMILES string of the molecule is COc1cccc2c1OCC(C(=O)NCCc1cccc(C)c1)C2. The maximum Gasteiger partial charge on any atom is 0.226 e. The summed E-state index contributed by atoms with van der Waals surface area (Å²) in [7, 11) is 1.63. The monoisotopic (exact) mass is 325 g/mol. The number of rotatable bonds is 5. The van der Waals surface area contributed by atoms with Gasteiger partial charge in [-0.05, 0) is 37.0 Å². The van der Waals surface area contributed by atoms with Gasteiger partial charge in [0.25, 0.3) is 0 Å². The zero-order valence-corrected chi connectivity index (χ0v) is 14.2. The molecule has 0 fully saturated rings. The maximum absolute atomic E-state index is 12.4. The van der Waals surface area contributed by atoms with Crippen LogP contribution in [0.25, 0.3) is 0 Å². The molecule has 2 aromatic carbocycles. The zero-order valence-electron chi connectivity index (χ0n) is 14.2. The van der Waals surface area contributed by atoms with Gasteiger partial charge in [-0.2, -0.15) is 0 Å². The third kappa shape index (κ3) is 3.70. The van der Waals surface area contributed by atoms with Crippen molar-refractivity contribution in [1.29, 1.82) is 0 Å². The van der Waals surface area contributed by atoms with E-state index in [9.17, 15) is 4.79 Å². The number of para-hydroxylation sites is 1. The van der Waals surface area contributed by atoms with E-state index in [0.717, 1.165) is 23.5 Å². The number of fused-ring (bicyclic) bond motifs is 1. The number of benzene rings is 2. The Kier molecular flexibility index (Phi) is 5.04. The van der Waals surface area contributed by atoms with Gasteiger partial charge in [-0.1, -0.05) is 42.0 Å². The van der Waals surface area contributed by atoms with Crippen molar-refractivity contribution >= 4 is 5.91 Å². The van der Waals surface area contributed by atoms with E-state index in [1.807, 2.05) is 24.3 Å². The van der Waals surface area contributed by atoms with Crippen LogP contribution in [0.2, 0.25) is 0 Å². The summed E-state index contributed by atoms with van der Waals surface area (Å²) in [5.74, 6) is 1.40. The molecule has 0 bridgehead atoms. The molecule has 0 spiro atoms. The van der Waals surface area contributed by atoms with Crippen LogP contribution in [0.15, 0.2) is 42.5 Å². The van der Waals surface area contributed by atoms with Crippen molar-refractivity contribution in [2.24, 2.45) is 5.92 Å². The smallest absolute Gasteiger partial charge is 0.226 e. The number of hydrogen-bond acceptors (Lipinski definition) is 3. The molecule has 0 aliphatic carbocycles. The number of hydrogen-bond donors (Lipinski definition) is 1. The van der Waals surface area contributed by atoms with Crippen LogP contribution in [0.1, 0.15) is 16.7 Å². The molecule has 3 rings (SSSR count). The Hall–Kier alpha value is -2.49. The van der Waals surface area contributed by atoms with E-state index in [1.165, 1.54) is 11.1 Å². The minimum Gasteiger partial charge on any atom is -0.493 e. The van der Waals surface area contributed by atoms with Crippen molar-refractivity contribution in [3.05, 3.63) is 59.2 Å². The van der Waals surface area contributed by atoms with Crippen molar-refractivity contribution in [2.75, 3.05) is 20.3 Å². The topological polar surface area (TPSA) is 47.6 Å². The van der Waals surface area contributed by atoms with Crippen molar-refractivity contribution < 1.29 is 14.3 Å². The molecule has 0 saturated heterocycles. The van der Waals surface area contributed by atoms with Crippen LogP contribution in [0.3, 0.4) is 0 Å². The fourth-order valence-corrected chi connectivity index (χ4v) is 3.07. The van der Waals surface area contributed by atoms with E-state index in [-0.39, 0.29) is 11.8 Å². The number of methoxy groups -OCH3 is 1. The highest BCUT2D eigenvalue weighted by Gasteiger charge is 2.27. The lowest BCUT2D eigenvalue weighted by molar-refractivity contribution is -0.126. The average Bonchev–Trinajstić information content (AvgIpc) is 2.60. The number of amides is 1. The second kappa shape index (κ2) is 7.39. The molecule has 1 atom stereocenters. The van der Waals surface area contributed by atoms with Crippen molar-refractivity contribution in [1.82, 2.24) is 5.32 Å². The van der Waals surface area contributed by atoms with Gasteiger partial charge in [-0.15, -0.1) is 0 Å². The second-order valence-corrected chi connectivity index (χ2v) is 6.19. The van der Waals surface area contributed by atoms with E-state index in [2.05, 4.69) is 30.4 Å². The quantitative estimate of drug-likeness (QED) is 0.919. The predicted molar refractivity (Wildman–Crippen MR) is 93.6 cm³/mol. The first kappa shape index (κ1) is 16.4. The first-order valence-corrected chi connectivity index (χ1v) is 8.29. The van der Waals surface area contributed by atoms with Crippen LogP contribution in [-0.2, 0) is 17.6 Å². The molecular weight excluding hydrogens is 302 g/mol. The van der Waals surface area contributed by atoms with Gasteiger partial charge in [0.05, 0.1) is 13.0 Å². The summed E-state index contributed by atoms with van der Waals surface area (Å²) in [6, 6.07) is 14.2. The molecule has 1 aliphatic heterocycles. The summed E-state index contributed by atoms with van der Waals surface area (Å²) < 4.78 is 11.1. The lowest BCUT2D eigenvalue weighted by Gasteiger charge is -2.25. The molecule has 1 heterocycles. The van der Waals surface area contributed by atoms with Gasteiger partial charge in [0.2, 0.25) is 5.91 Å². The van der Waals surface area contributed by atoms with Crippen LogP contribution in [0.4, 0.5) is 0 Å². The Labute approximate surface area is 142 Å². The van der Waals surface area contributed by atoms with Crippen LogP contribution >= 0.6 is 0 Å².